The second-order valence-corrected chi connectivity index (χ2v) is 8.39. The summed E-state index contributed by atoms with van der Waals surface area (Å²) in [6.45, 7) is 3.12. The van der Waals surface area contributed by atoms with Gasteiger partial charge in [0.1, 0.15) is 16.5 Å². The van der Waals surface area contributed by atoms with Crippen LogP contribution in [0.3, 0.4) is 0 Å². The van der Waals surface area contributed by atoms with Gasteiger partial charge in [0.15, 0.2) is 0 Å². The maximum absolute atomic E-state index is 13.3. The van der Waals surface area contributed by atoms with Crippen molar-refractivity contribution < 1.29 is 17.5 Å². The molecule has 3 rings (SSSR count). The van der Waals surface area contributed by atoms with Gasteiger partial charge in [-0.05, 0) is 55.5 Å². The number of nitrogens with zero attached hydrogens (tertiary/aromatic N) is 1. The molecular formula is C20H24FNO3S. The molecule has 140 valence electrons. The average molecular weight is 377 g/mol. The van der Waals surface area contributed by atoms with Gasteiger partial charge < -0.3 is 4.74 Å². The molecule has 1 aliphatic rings. The van der Waals surface area contributed by atoms with Crippen molar-refractivity contribution in [2.24, 2.45) is 0 Å². The van der Waals surface area contributed by atoms with Gasteiger partial charge >= 0.3 is 0 Å². The number of rotatable bonds is 5. The van der Waals surface area contributed by atoms with Crippen LogP contribution in [-0.2, 0) is 10.0 Å². The van der Waals surface area contributed by atoms with E-state index in [1.165, 1.54) is 12.1 Å². The third-order valence-corrected chi connectivity index (χ3v) is 6.65. The zero-order valence-corrected chi connectivity index (χ0v) is 15.7. The number of para-hydroxylation sites is 1. The first-order valence-corrected chi connectivity index (χ1v) is 10.4. The lowest BCUT2D eigenvalue weighted by molar-refractivity contribution is 0.328. The highest BCUT2D eigenvalue weighted by atomic mass is 32.2. The van der Waals surface area contributed by atoms with E-state index in [2.05, 4.69) is 0 Å². The highest BCUT2D eigenvalue weighted by molar-refractivity contribution is 7.89. The lowest BCUT2D eigenvalue weighted by Gasteiger charge is -2.25. The van der Waals surface area contributed by atoms with E-state index >= 15 is 0 Å². The number of hydrogen-bond acceptors (Lipinski definition) is 3. The van der Waals surface area contributed by atoms with Crippen molar-refractivity contribution in [3.8, 4) is 5.75 Å². The van der Waals surface area contributed by atoms with Crippen molar-refractivity contribution in [3.63, 3.8) is 0 Å². The van der Waals surface area contributed by atoms with Gasteiger partial charge in [0.2, 0.25) is 10.0 Å². The quantitative estimate of drug-likeness (QED) is 0.785. The summed E-state index contributed by atoms with van der Waals surface area (Å²) in [5, 5.41) is 0. The number of benzene rings is 2. The van der Waals surface area contributed by atoms with Crippen molar-refractivity contribution in [2.75, 3.05) is 19.7 Å². The first-order chi connectivity index (χ1) is 12.5. The fourth-order valence-electron chi connectivity index (χ4n) is 3.41. The molecule has 1 atom stereocenters. The van der Waals surface area contributed by atoms with E-state index in [-0.39, 0.29) is 16.6 Å². The lowest BCUT2D eigenvalue weighted by atomic mass is 9.95. The minimum Gasteiger partial charge on any atom is -0.492 e. The molecule has 26 heavy (non-hydrogen) atoms. The topological polar surface area (TPSA) is 46.6 Å². The molecule has 1 fully saturated rings. The lowest BCUT2D eigenvalue weighted by Crippen LogP contribution is -2.34. The maximum atomic E-state index is 13.3. The predicted octanol–water partition coefficient (Wildman–Crippen LogP) is 4.18. The second-order valence-electron chi connectivity index (χ2n) is 6.49. The maximum Gasteiger partial charge on any atom is 0.246 e. The van der Waals surface area contributed by atoms with Crippen LogP contribution >= 0.6 is 0 Å². The molecule has 1 aliphatic heterocycles. The highest BCUT2D eigenvalue weighted by Crippen LogP contribution is 2.32. The van der Waals surface area contributed by atoms with Crippen molar-refractivity contribution in [1.82, 2.24) is 4.31 Å². The molecule has 0 saturated carbocycles. The van der Waals surface area contributed by atoms with E-state index < -0.39 is 10.0 Å². The van der Waals surface area contributed by atoms with Crippen LogP contribution in [0.5, 0.6) is 5.75 Å². The zero-order chi connectivity index (χ0) is 18.6. The molecule has 2 aromatic rings. The summed E-state index contributed by atoms with van der Waals surface area (Å²) in [7, 11) is -3.65. The van der Waals surface area contributed by atoms with Crippen molar-refractivity contribution in [1.29, 1.82) is 0 Å². The van der Waals surface area contributed by atoms with Gasteiger partial charge in [-0.25, -0.2) is 12.8 Å². The zero-order valence-electron chi connectivity index (χ0n) is 14.9. The number of hydrogen-bond donors (Lipinski definition) is 0. The van der Waals surface area contributed by atoms with Gasteiger partial charge in [0, 0.05) is 13.1 Å². The molecule has 1 heterocycles. The SMILES string of the molecule is CCOc1ccccc1S(=O)(=O)N1CCCCC(c2ccc(F)cc2)C1. The minimum absolute atomic E-state index is 0.0622. The van der Waals surface area contributed by atoms with E-state index in [1.807, 2.05) is 6.92 Å². The second kappa shape index (κ2) is 8.18. The first kappa shape index (κ1) is 18.9. The Labute approximate surface area is 154 Å². The van der Waals surface area contributed by atoms with Crippen LogP contribution in [0.4, 0.5) is 4.39 Å². The Kier molecular flexibility index (Phi) is 5.94. The summed E-state index contributed by atoms with van der Waals surface area (Å²) in [6, 6.07) is 13.1. The molecule has 2 aromatic carbocycles. The minimum atomic E-state index is -3.65. The summed E-state index contributed by atoms with van der Waals surface area (Å²) >= 11 is 0. The smallest absolute Gasteiger partial charge is 0.246 e. The molecule has 1 unspecified atom stereocenters. The van der Waals surface area contributed by atoms with Crippen LogP contribution in [-0.4, -0.2) is 32.4 Å². The van der Waals surface area contributed by atoms with Crippen molar-refractivity contribution in [2.45, 2.75) is 37.0 Å². The number of ether oxygens (including phenoxy) is 1. The van der Waals surface area contributed by atoms with Gasteiger partial charge in [-0.1, -0.05) is 30.7 Å². The third kappa shape index (κ3) is 4.07. The van der Waals surface area contributed by atoms with E-state index in [0.717, 1.165) is 24.8 Å². The van der Waals surface area contributed by atoms with Crippen LogP contribution in [0.2, 0.25) is 0 Å². The molecule has 1 saturated heterocycles. The van der Waals surface area contributed by atoms with Crippen molar-refractivity contribution in [3.05, 3.63) is 59.9 Å². The number of sulfonamides is 1. The van der Waals surface area contributed by atoms with Crippen molar-refractivity contribution >= 4 is 10.0 Å². The molecule has 0 bridgehead atoms. The van der Waals surface area contributed by atoms with Crippen LogP contribution in [0.15, 0.2) is 53.4 Å². The Morgan fingerprint density at radius 1 is 1.12 bits per heavy atom. The molecular weight excluding hydrogens is 353 g/mol. The van der Waals surface area contributed by atoms with Crippen LogP contribution in [0.25, 0.3) is 0 Å². The third-order valence-electron chi connectivity index (χ3n) is 4.74. The summed E-state index contributed by atoms with van der Waals surface area (Å²) in [5.41, 5.74) is 0.978. The Morgan fingerprint density at radius 2 is 1.85 bits per heavy atom. The normalized spacial score (nSPS) is 19.1. The number of halogens is 1. The van der Waals surface area contributed by atoms with Gasteiger partial charge in [0.25, 0.3) is 0 Å². The Hall–Kier alpha value is -1.92. The highest BCUT2D eigenvalue weighted by Gasteiger charge is 2.31. The summed E-state index contributed by atoms with van der Waals surface area (Å²) in [5.74, 6) is 0.169. The van der Waals surface area contributed by atoms with E-state index in [1.54, 1.807) is 40.7 Å². The molecule has 0 N–H and O–H groups in total. The van der Waals surface area contributed by atoms with Gasteiger partial charge in [0.05, 0.1) is 6.61 Å². The van der Waals surface area contributed by atoms with E-state index in [4.69, 9.17) is 4.74 Å². The van der Waals surface area contributed by atoms with E-state index in [9.17, 15) is 12.8 Å². The molecule has 0 aromatic heterocycles. The standard InChI is InChI=1S/C20H24FNO3S/c1-2-25-19-8-3-4-9-20(19)26(23,24)22-14-6-5-7-17(15-22)16-10-12-18(21)13-11-16/h3-4,8-13,17H,2,5-7,14-15H2,1H3. The molecule has 0 amide bonds. The Morgan fingerprint density at radius 3 is 2.58 bits per heavy atom. The molecule has 0 aliphatic carbocycles. The van der Waals surface area contributed by atoms with E-state index in [0.29, 0.717) is 25.4 Å². The predicted molar refractivity (Wildman–Crippen MR) is 99.4 cm³/mol. The monoisotopic (exact) mass is 377 g/mol. The fourth-order valence-corrected chi connectivity index (χ4v) is 5.07. The van der Waals surface area contributed by atoms with Gasteiger partial charge in [-0.3, -0.25) is 0 Å². The van der Waals surface area contributed by atoms with Crippen LogP contribution < -0.4 is 4.74 Å². The Balaban J connectivity index is 1.90. The molecule has 0 spiro atoms. The van der Waals surface area contributed by atoms with Gasteiger partial charge in [-0.2, -0.15) is 4.31 Å². The van der Waals surface area contributed by atoms with Crippen LogP contribution in [0.1, 0.15) is 37.7 Å². The first-order valence-electron chi connectivity index (χ1n) is 9.00. The Bertz CT molecular complexity index is 836. The molecule has 4 nitrogen and oxygen atoms in total. The molecule has 0 radical (unpaired) electrons. The summed E-state index contributed by atoms with van der Waals surface area (Å²) in [4.78, 5) is 0.210. The largest absolute Gasteiger partial charge is 0.492 e. The molecule has 6 heteroatoms. The fraction of sp³-hybridized carbons (Fsp3) is 0.400. The van der Waals surface area contributed by atoms with Gasteiger partial charge in [-0.15, -0.1) is 0 Å². The summed E-state index contributed by atoms with van der Waals surface area (Å²) < 4.78 is 46.8. The van der Waals surface area contributed by atoms with Crippen LogP contribution in [0, 0.1) is 5.82 Å². The summed E-state index contributed by atoms with van der Waals surface area (Å²) in [6.07, 6.45) is 2.65. The average Bonchev–Trinajstić information content (AvgIpc) is 2.90.